The predicted molar refractivity (Wildman–Crippen MR) is 128 cm³/mol. The summed E-state index contributed by atoms with van der Waals surface area (Å²) in [6.45, 7) is 4.10. The minimum Gasteiger partial charge on any atom is -0.324 e. The number of hydrogen-bond acceptors (Lipinski definition) is 3. The quantitative estimate of drug-likeness (QED) is 0.510. The molecule has 5 heteroatoms. The van der Waals surface area contributed by atoms with Crippen LogP contribution >= 0.6 is 0 Å². The summed E-state index contributed by atoms with van der Waals surface area (Å²) in [6.07, 6.45) is 13.1. The van der Waals surface area contributed by atoms with Gasteiger partial charge in [0.1, 0.15) is 11.5 Å². The first-order chi connectivity index (χ1) is 15.8. The molecule has 2 fully saturated rings. The summed E-state index contributed by atoms with van der Waals surface area (Å²) in [4.78, 5) is 21.7. The molecule has 0 spiro atoms. The highest BCUT2D eigenvalue weighted by Gasteiger charge is 2.48. The van der Waals surface area contributed by atoms with Gasteiger partial charge in [-0.15, -0.1) is 6.42 Å². The Labute approximate surface area is 194 Å². The van der Waals surface area contributed by atoms with Gasteiger partial charge in [0.05, 0.1) is 17.4 Å². The number of terminal acetylenes is 1. The first kappa shape index (κ1) is 21.6. The highest BCUT2D eigenvalue weighted by molar-refractivity contribution is 5.95. The topological polar surface area (TPSA) is 54.9 Å². The van der Waals surface area contributed by atoms with Crippen molar-refractivity contribution in [3.8, 4) is 12.3 Å². The third-order valence-corrected chi connectivity index (χ3v) is 7.97. The number of halogens is 1. The molecule has 0 radical (unpaired) electrons. The van der Waals surface area contributed by atoms with Crippen molar-refractivity contribution in [2.45, 2.75) is 45.4 Å². The van der Waals surface area contributed by atoms with Crippen LogP contribution in [0.1, 0.15) is 56.7 Å². The van der Waals surface area contributed by atoms with Crippen molar-refractivity contribution >= 4 is 22.5 Å². The second-order valence-corrected chi connectivity index (χ2v) is 10.2. The molecular weight excluding hydrogens is 413 g/mol. The van der Waals surface area contributed by atoms with Gasteiger partial charge in [-0.3, -0.25) is 9.78 Å². The minimum absolute atomic E-state index is 0.0230. The number of carbonyl (C=O) groups excluding carboxylic acids is 1. The van der Waals surface area contributed by atoms with Crippen molar-refractivity contribution in [1.29, 1.82) is 0 Å². The summed E-state index contributed by atoms with van der Waals surface area (Å²) in [6, 6.07) is 10.4. The molecule has 1 N–H and O–H groups in total. The van der Waals surface area contributed by atoms with Gasteiger partial charge in [-0.1, -0.05) is 19.8 Å². The number of aromatic nitrogens is 2. The fourth-order valence-corrected chi connectivity index (χ4v) is 5.99. The Bertz CT molecular complexity index is 1230. The smallest absolute Gasteiger partial charge is 0.230 e. The maximum atomic E-state index is 13.9. The van der Waals surface area contributed by atoms with Crippen LogP contribution < -0.4 is 5.32 Å². The zero-order chi connectivity index (χ0) is 23.2. The van der Waals surface area contributed by atoms with Crippen molar-refractivity contribution in [1.82, 2.24) is 9.97 Å². The maximum absolute atomic E-state index is 13.9. The molecule has 2 saturated carbocycles. The fourth-order valence-electron chi connectivity index (χ4n) is 5.99. The predicted octanol–water partition coefficient (Wildman–Crippen LogP) is 5.93. The van der Waals surface area contributed by atoms with Crippen LogP contribution in [0.5, 0.6) is 0 Å². The Hall–Kier alpha value is -3.26. The number of nitrogens with zero attached hydrogens (tertiary/aromatic N) is 2. The van der Waals surface area contributed by atoms with Gasteiger partial charge in [0, 0.05) is 17.0 Å². The van der Waals surface area contributed by atoms with Crippen LogP contribution in [0.15, 0.2) is 48.8 Å². The van der Waals surface area contributed by atoms with Crippen molar-refractivity contribution in [2.75, 3.05) is 5.32 Å². The summed E-state index contributed by atoms with van der Waals surface area (Å²) in [7, 11) is 0. The number of rotatable bonds is 4. The number of pyridine rings is 2. The maximum Gasteiger partial charge on any atom is 0.230 e. The average Bonchev–Trinajstić information content (AvgIpc) is 3.39. The molecule has 0 bridgehead atoms. The summed E-state index contributed by atoms with van der Waals surface area (Å²) in [5.41, 5.74) is 2.81. The van der Waals surface area contributed by atoms with Gasteiger partial charge in [-0.05, 0) is 91.3 Å². The van der Waals surface area contributed by atoms with Crippen LogP contribution in [0, 0.1) is 41.3 Å². The lowest BCUT2D eigenvalue weighted by Crippen LogP contribution is -2.37. The van der Waals surface area contributed by atoms with Crippen molar-refractivity contribution < 1.29 is 9.18 Å². The minimum atomic E-state index is -0.475. The molecule has 1 aromatic carbocycles. The normalized spacial score (nSPS) is 24.4. The van der Waals surface area contributed by atoms with Gasteiger partial charge in [0.15, 0.2) is 0 Å². The Kier molecular flexibility index (Phi) is 5.40. The van der Waals surface area contributed by atoms with Gasteiger partial charge in [-0.2, -0.15) is 0 Å². The monoisotopic (exact) mass is 441 g/mol. The van der Waals surface area contributed by atoms with E-state index >= 15 is 0 Å². The molecule has 0 aliphatic heterocycles. The molecule has 168 valence electrons. The van der Waals surface area contributed by atoms with Crippen LogP contribution in [0.2, 0.25) is 0 Å². The first-order valence-electron chi connectivity index (χ1n) is 11.6. The van der Waals surface area contributed by atoms with Crippen molar-refractivity contribution in [2.24, 2.45) is 23.2 Å². The molecule has 2 aliphatic carbocycles. The fraction of sp³-hybridized carbons (Fsp3) is 0.393. The van der Waals surface area contributed by atoms with Crippen LogP contribution in [0.3, 0.4) is 0 Å². The van der Waals surface area contributed by atoms with Crippen LogP contribution in [-0.2, 0) is 4.79 Å². The Morgan fingerprint density at radius 2 is 1.85 bits per heavy atom. The number of fused-ring (bicyclic) bond motifs is 2. The molecule has 1 amide bonds. The standard InChI is InChI=1S/C28H28FN3O/c1-4-22-6-7-23(16-31-22)32-27(33)28(2,3)20-13-17-11-19(12-18(17)14-20)24-9-10-30-26-8-5-21(29)15-25(24)26/h1,5-10,15-20H,11-14H2,2-3H3,(H,32,33)/t17-,18+,19-,20+. The molecule has 3 aromatic rings. The molecule has 4 nitrogen and oxygen atoms in total. The molecule has 4 atom stereocenters. The lowest BCUT2D eigenvalue weighted by molar-refractivity contribution is -0.126. The molecule has 0 saturated heterocycles. The Morgan fingerprint density at radius 3 is 2.52 bits per heavy atom. The lowest BCUT2D eigenvalue weighted by atomic mass is 9.75. The van der Waals surface area contributed by atoms with E-state index in [2.05, 4.69) is 27.3 Å². The second-order valence-electron chi connectivity index (χ2n) is 10.2. The second kappa shape index (κ2) is 8.26. The van der Waals surface area contributed by atoms with Gasteiger partial charge in [-0.25, -0.2) is 9.37 Å². The number of nitrogens with one attached hydrogen (secondary N) is 1. The van der Waals surface area contributed by atoms with E-state index in [1.165, 1.54) is 11.6 Å². The van der Waals surface area contributed by atoms with Gasteiger partial charge in [0.25, 0.3) is 0 Å². The van der Waals surface area contributed by atoms with Crippen LogP contribution in [0.4, 0.5) is 10.1 Å². The average molecular weight is 442 g/mol. The molecule has 2 aliphatic rings. The summed E-state index contributed by atoms with van der Waals surface area (Å²) in [5, 5.41) is 3.96. The number of anilines is 1. The zero-order valence-corrected chi connectivity index (χ0v) is 19.0. The van der Waals surface area contributed by atoms with Gasteiger partial charge < -0.3 is 5.32 Å². The zero-order valence-electron chi connectivity index (χ0n) is 19.0. The molecule has 5 rings (SSSR count). The van der Waals surface area contributed by atoms with E-state index < -0.39 is 5.41 Å². The third-order valence-electron chi connectivity index (χ3n) is 7.97. The van der Waals surface area contributed by atoms with E-state index in [-0.39, 0.29) is 11.7 Å². The molecular formula is C28H28FN3O. The van der Waals surface area contributed by atoms with E-state index in [4.69, 9.17) is 6.42 Å². The van der Waals surface area contributed by atoms with E-state index in [0.29, 0.717) is 35.1 Å². The van der Waals surface area contributed by atoms with E-state index in [1.54, 1.807) is 30.5 Å². The number of benzene rings is 1. The molecule has 2 heterocycles. The lowest BCUT2D eigenvalue weighted by Gasteiger charge is -2.31. The van der Waals surface area contributed by atoms with Crippen molar-refractivity contribution in [3.63, 3.8) is 0 Å². The van der Waals surface area contributed by atoms with E-state index in [0.717, 1.165) is 36.6 Å². The summed E-state index contributed by atoms with van der Waals surface area (Å²) < 4.78 is 13.9. The largest absolute Gasteiger partial charge is 0.324 e. The first-order valence-corrected chi connectivity index (χ1v) is 11.6. The Morgan fingerprint density at radius 1 is 1.09 bits per heavy atom. The Balaban J connectivity index is 1.27. The number of hydrogen-bond donors (Lipinski definition) is 1. The SMILES string of the molecule is C#Cc1ccc(NC(=O)C(C)(C)[C@H]2C[C@H]3C[C@@H](c4ccnc5ccc(F)cc45)C[C@H]3C2)cn1. The molecule has 2 aromatic heterocycles. The van der Waals surface area contributed by atoms with Gasteiger partial charge >= 0.3 is 0 Å². The molecule has 33 heavy (non-hydrogen) atoms. The number of amides is 1. The van der Waals surface area contributed by atoms with Crippen molar-refractivity contribution in [3.05, 3.63) is 65.9 Å². The van der Waals surface area contributed by atoms with E-state index in [9.17, 15) is 9.18 Å². The third kappa shape index (κ3) is 3.99. The number of carbonyl (C=O) groups is 1. The summed E-state index contributed by atoms with van der Waals surface area (Å²) in [5.74, 6) is 4.24. The van der Waals surface area contributed by atoms with Gasteiger partial charge in [0.2, 0.25) is 5.91 Å². The van der Waals surface area contributed by atoms with E-state index in [1.807, 2.05) is 20.0 Å². The van der Waals surface area contributed by atoms with Crippen LogP contribution in [-0.4, -0.2) is 15.9 Å². The highest BCUT2D eigenvalue weighted by Crippen LogP contribution is 2.56. The van der Waals surface area contributed by atoms with Crippen LogP contribution in [0.25, 0.3) is 10.9 Å². The molecule has 0 unspecified atom stereocenters. The highest BCUT2D eigenvalue weighted by atomic mass is 19.1. The summed E-state index contributed by atoms with van der Waals surface area (Å²) >= 11 is 0.